The number of alkyl carbamates (subject to hydrolysis) is 1. The van der Waals surface area contributed by atoms with Gasteiger partial charge in [-0.2, -0.15) is 0 Å². The van der Waals surface area contributed by atoms with Crippen LogP contribution in [-0.2, 0) is 15.1 Å². The summed E-state index contributed by atoms with van der Waals surface area (Å²) in [5, 5.41) is 3.08. The molecule has 0 unspecified atom stereocenters. The smallest absolute Gasteiger partial charge is 0.408 e. The number of aromatic nitrogens is 1. The van der Waals surface area contributed by atoms with Crippen molar-refractivity contribution < 1.29 is 19.1 Å². The molecule has 1 N–H and O–H groups in total. The fourth-order valence-corrected chi connectivity index (χ4v) is 4.37. The van der Waals surface area contributed by atoms with E-state index < -0.39 is 17.2 Å². The Balaban J connectivity index is 1.58. The van der Waals surface area contributed by atoms with Crippen LogP contribution in [-0.4, -0.2) is 36.2 Å². The Morgan fingerprint density at radius 2 is 1.94 bits per heavy atom. The number of amides is 2. The van der Waals surface area contributed by atoms with Gasteiger partial charge in [-0.3, -0.25) is 4.79 Å². The van der Waals surface area contributed by atoms with Gasteiger partial charge in [-0.05, 0) is 67.6 Å². The summed E-state index contributed by atoms with van der Waals surface area (Å²) in [7, 11) is 1.71. The average molecular weight is 488 g/mol. The molecule has 8 heteroatoms. The van der Waals surface area contributed by atoms with Crippen molar-refractivity contribution >= 4 is 33.6 Å². The molecule has 164 valence electrons. The molecule has 31 heavy (non-hydrogen) atoms. The van der Waals surface area contributed by atoms with Crippen LogP contribution in [0.1, 0.15) is 45.6 Å². The minimum atomic E-state index is -0.538. The van der Waals surface area contributed by atoms with Gasteiger partial charge in [0, 0.05) is 17.1 Å². The molecule has 0 spiro atoms. The minimum absolute atomic E-state index is 0.0185. The third kappa shape index (κ3) is 4.26. The first-order chi connectivity index (χ1) is 14.6. The van der Waals surface area contributed by atoms with Crippen LogP contribution in [0.4, 0.5) is 10.5 Å². The van der Waals surface area contributed by atoms with Crippen molar-refractivity contribution in [3.63, 3.8) is 0 Å². The molecule has 0 atom stereocenters. The monoisotopic (exact) mass is 487 g/mol. The van der Waals surface area contributed by atoms with Crippen LogP contribution < -0.4 is 15.0 Å². The summed E-state index contributed by atoms with van der Waals surface area (Å²) in [5.74, 6) is 0.327. The zero-order chi connectivity index (χ0) is 22.4. The molecule has 2 aromatic rings. The van der Waals surface area contributed by atoms with Crippen molar-refractivity contribution in [1.29, 1.82) is 0 Å². The summed E-state index contributed by atoms with van der Waals surface area (Å²) < 4.78 is 11.8. The Morgan fingerprint density at radius 3 is 2.52 bits per heavy atom. The fourth-order valence-electron chi connectivity index (χ4n) is 3.83. The molecule has 7 nitrogen and oxygen atoms in total. The number of hydrogen-bond donors (Lipinski definition) is 1. The molecule has 4 rings (SSSR count). The number of ether oxygens (including phenoxy) is 2. The molecule has 1 aromatic carbocycles. The summed E-state index contributed by atoms with van der Waals surface area (Å²) in [4.78, 5) is 30.4. The van der Waals surface area contributed by atoms with Gasteiger partial charge in [0.15, 0.2) is 6.61 Å². The molecule has 1 saturated carbocycles. The van der Waals surface area contributed by atoms with E-state index in [9.17, 15) is 9.59 Å². The predicted octanol–water partition coefficient (Wildman–Crippen LogP) is 4.77. The van der Waals surface area contributed by atoms with Crippen molar-refractivity contribution in [2.24, 2.45) is 0 Å². The lowest BCUT2D eigenvalue weighted by Gasteiger charge is -2.43. The largest absolute Gasteiger partial charge is 0.466 e. The highest BCUT2D eigenvalue weighted by Crippen LogP contribution is 2.43. The highest BCUT2D eigenvalue weighted by molar-refractivity contribution is 9.10. The highest BCUT2D eigenvalue weighted by atomic mass is 79.9. The molecule has 0 saturated heterocycles. The highest BCUT2D eigenvalue weighted by Gasteiger charge is 2.41. The van der Waals surface area contributed by atoms with Crippen molar-refractivity contribution in [3.8, 4) is 17.1 Å². The van der Waals surface area contributed by atoms with Gasteiger partial charge in [0.25, 0.3) is 5.91 Å². The summed E-state index contributed by atoms with van der Waals surface area (Å²) in [6.07, 6.45) is 2.41. The third-order valence-electron chi connectivity index (χ3n) is 5.65. The minimum Gasteiger partial charge on any atom is -0.466 e. The van der Waals surface area contributed by atoms with Crippen molar-refractivity contribution in [2.75, 3.05) is 18.6 Å². The maximum atomic E-state index is 12.4. The van der Waals surface area contributed by atoms with Crippen molar-refractivity contribution in [3.05, 3.63) is 40.4 Å². The van der Waals surface area contributed by atoms with Gasteiger partial charge in [-0.25, -0.2) is 9.78 Å². The molecule has 1 fully saturated rings. The van der Waals surface area contributed by atoms with E-state index in [0.29, 0.717) is 11.6 Å². The zero-order valence-corrected chi connectivity index (χ0v) is 19.7. The standard InChI is InChI=1S/C23H26BrN3O4/c1-22(2,3)31-21(29)26-23(10-5-11-23)15-8-6-14(7-9-15)19-16(24)12-17-20(25-19)30-13-18(28)27(17)4/h6-9,12H,5,10-11,13H2,1-4H3,(H,26,29). The number of hydrogen-bond acceptors (Lipinski definition) is 5. The molecule has 1 aliphatic carbocycles. The summed E-state index contributed by atoms with van der Waals surface area (Å²) >= 11 is 3.57. The number of fused-ring (bicyclic) bond motifs is 1. The van der Waals surface area contributed by atoms with E-state index >= 15 is 0 Å². The third-order valence-corrected chi connectivity index (χ3v) is 6.25. The molecule has 0 radical (unpaired) electrons. The normalized spacial score (nSPS) is 17.3. The van der Waals surface area contributed by atoms with Gasteiger partial charge in [-0.1, -0.05) is 24.3 Å². The fraction of sp³-hybridized carbons (Fsp3) is 0.435. The number of pyridine rings is 1. The topological polar surface area (TPSA) is 80.8 Å². The molecular weight excluding hydrogens is 462 g/mol. The second-order valence-corrected chi connectivity index (χ2v) is 9.88. The summed E-state index contributed by atoms with van der Waals surface area (Å²) in [5.41, 5.74) is 2.39. The van der Waals surface area contributed by atoms with Crippen LogP contribution in [0.15, 0.2) is 34.8 Å². The van der Waals surface area contributed by atoms with Crippen LogP contribution in [0.25, 0.3) is 11.3 Å². The maximum Gasteiger partial charge on any atom is 0.408 e. The van der Waals surface area contributed by atoms with Gasteiger partial charge in [0.05, 0.1) is 11.2 Å². The number of likely N-dealkylation sites (N-methyl/N-ethyl adjacent to an activating group) is 1. The lowest BCUT2D eigenvalue weighted by atomic mass is 9.72. The Labute approximate surface area is 190 Å². The summed E-state index contributed by atoms with van der Waals surface area (Å²) in [6.45, 7) is 5.55. The lowest BCUT2D eigenvalue weighted by molar-refractivity contribution is -0.121. The molecule has 1 aliphatic heterocycles. The number of rotatable bonds is 3. The second kappa shape index (κ2) is 7.82. The van der Waals surface area contributed by atoms with Crippen LogP contribution in [0, 0.1) is 0 Å². The second-order valence-electron chi connectivity index (χ2n) is 9.02. The number of nitrogens with one attached hydrogen (secondary N) is 1. The van der Waals surface area contributed by atoms with Crippen LogP contribution in [0.3, 0.4) is 0 Å². The van der Waals surface area contributed by atoms with E-state index in [1.54, 1.807) is 11.9 Å². The average Bonchev–Trinajstić information content (AvgIpc) is 2.67. The molecule has 2 aliphatic rings. The van der Waals surface area contributed by atoms with E-state index in [2.05, 4.69) is 26.2 Å². The number of carbonyl (C=O) groups is 2. The van der Waals surface area contributed by atoms with Gasteiger partial charge in [0.1, 0.15) is 11.3 Å². The van der Waals surface area contributed by atoms with Gasteiger partial charge >= 0.3 is 6.09 Å². The Hall–Kier alpha value is -2.61. The van der Waals surface area contributed by atoms with Crippen molar-refractivity contribution in [2.45, 2.75) is 51.2 Å². The molecular formula is C23H26BrN3O4. The Kier molecular flexibility index (Phi) is 5.45. The molecule has 0 bridgehead atoms. The maximum absolute atomic E-state index is 12.4. The van der Waals surface area contributed by atoms with Crippen molar-refractivity contribution in [1.82, 2.24) is 10.3 Å². The van der Waals surface area contributed by atoms with E-state index in [1.807, 2.05) is 51.1 Å². The van der Waals surface area contributed by atoms with Crippen LogP contribution in [0.2, 0.25) is 0 Å². The van der Waals surface area contributed by atoms with E-state index in [4.69, 9.17) is 9.47 Å². The summed E-state index contributed by atoms with van der Waals surface area (Å²) in [6, 6.07) is 9.87. The quantitative estimate of drug-likeness (QED) is 0.674. The molecule has 2 heterocycles. The number of carbonyl (C=O) groups excluding carboxylic acids is 2. The number of halogens is 1. The molecule has 1 aromatic heterocycles. The van der Waals surface area contributed by atoms with Gasteiger partial charge in [0.2, 0.25) is 5.88 Å². The SMILES string of the molecule is CN1C(=O)COc2nc(-c3ccc(C4(NC(=O)OC(C)(C)C)CCC4)cc3)c(Br)cc21. The first-order valence-corrected chi connectivity index (χ1v) is 11.1. The van der Waals surface area contributed by atoms with Gasteiger partial charge < -0.3 is 19.7 Å². The number of benzene rings is 1. The first-order valence-electron chi connectivity index (χ1n) is 10.3. The number of anilines is 1. The predicted molar refractivity (Wildman–Crippen MR) is 121 cm³/mol. The molecule has 2 amide bonds. The van der Waals surface area contributed by atoms with E-state index in [1.165, 1.54) is 0 Å². The zero-order valence-electron chi connectivity index (χ0n) is 18.1. The van der Waals surface area contributed by atoms with Crippen LogP contribution >= 0.6 is 15.9 Å². The lowest BCUT2D eigenvalue weighted by Crippen LogP contribution is -2.52. The number of nitrogens with zero attached hydrogens (tertiary/aromatic N) is 2. The van der Waals surface area contributed by atoms with Gasteiger partial charge in [-0.15, -0.1) is 0 Å². The Bertz CT molecular complexity index is 1030. The van der Waals surface area contributed by atoms with E-state index in [0.717, 1.165) is 40.6 Å². The first kappa shape index (κ1) is 21.6. The Morgan fingerprint density at radius 1 is 1.26 bits per heavy atom. The van der Waals surface area contributed by atoms with E-state index in [-0.39, 0.29) is 12.5 Å². The van der Waals surface area contributed by atoms with Crippen LogP contribution in [0.5, 0.6) is 5.88 Å².